The fourth-order valence-electron chi connectivity index (χ4n) is 2.01. The van der Waals surface area contributed by atoms with Crippen molar-refractivity contribution < 1.29 is 9.90 Å². The topological polar surface area (TPSA) is 90.9 Å². The Kier molecular flexibility index (Phi) is 3.51. The van der Waals surface area contributed by atoms with Crippen molar-refractivity contribution in [2.75, 3.05) is 0 Å². The maximum absolute atomic E-state index is 11.7. The molecule has 1 aliphatic rings. The summed E-state index contributed by atoms with van der Waals surface area (Å²) in [7, 11) is 0. The van der Waals surface area contributed by atoms with Crippen molar-refractivity contribution in [2.45, 2.75) is 44.2 Å². The van der Waals surface area contributed by atoms with Crippen LogP contribution in [0.3, 0.4) is 0 Å². The van der Waals surface area contributed by atoms with Crippen molar-refractivity contribution in [3.05, 3.63) is 12.2 Å². The molecule has 2 atom stereocenters. The van der Waals surface area contributed by atoms with Crippen LogP contribution < -0.4 is 5.32 Å². The molecule has 88 valence electrons. The number of hydrogen-bond acceptors (Lipinski definition) is 4. The summed E-state index contributed by atoms with van der Waals surface area (Å²) in [4.78, 5) is 15.4. The van der Waals surface area contributed by atoms with Gasteiger partial charge in [-0.3, -0.25) is 9.89 Å². The van der Waals surface area contributed by atoms with Crippen LogP contribution in [0.15, 0.2) is 6.33 Å². The minimum Gasteiger partial charge on any atom is -0.391 e. The average molecular weight is 224 g/mol. The predicted octanol–water partition coefficient (Wildman–Crippen LogP) is 0.228. The van der Waals surface area contributed by atoms with Crippen molar-refractivity contribution in [1.29, 1.82) is 0 Å². The molecule has 1 amide bonds. The van der Waals surface area contributed by atoms with Gasteiger partial charge in [0.05, 0.1) is 12.1 Å². The minimum absolute atomic E-state index is 0.167. The van der Waals surface area contributed by atoms with Gasteiger partial charge in [-0.2, -0.15) is 5.10 Å². The largest absolute Gasteiger partial charge is 0.391 e. The molecule has 3 N–H and O–H groups in total. The van der Waals surface area contributed by atoms with Crippen molar-refractivity contribution >= 4 is 5.91 Å². The van der Waals surface area contributed by atoms with Crippen LogP contribution in [0, 0.1) is 0 Å². The molecule has 16 heavy (non-hydrogen) atoms. The van der Waals surface area contributed by atoms with Crippen molar-refractivity contribution in [3.8, 4) is 0 Å². The second-order valence-electron chi connectivity index (χ2n) is 4.12. The molecule has 0 aliphatic heterocycles. The van der Waals surface area contributed by atoms with Crippen LogP contribution in [-0.4, -0.2) is 38.3 Å². The van der Waals surface area contributed by atoms with Crippen LogP contribution >= 0.6 is 0 Å². The standard InChI is InChI=1S/C10H16N4O2/c15-8-5-3-1-2-4-7(8)13-10(16)9-11-6-12-14-9/h6-8,15H,1-5H2,(H,13,16)(H,11,12,14). The molecule has 1 aromatic heterocycles. The van der Waals surface area contributed by atoms with Gasteiger partial charge in [-0.15, -0.1) is 0 Å². The average Bonchev–Trinajstić information content (AvgIpc) is 2.73. The monoisotopic (exact) mass is 224 g/mol. The molecule has 0 spiro atoms. The molecule has 0 saturated heterocycles. The van der Waals surface area contributed by atoms with Crippen LogP contribution in [0.25, 0.3) is 0 Å². The lowest BCUT2D eigenvalue weighted by Crippen LogP contribution is -2.43. The first-order chi connectivity index (χ1) is 7.77. The van der Waals surface area contributed by atoms with E-state index < -0.39 is 6.10 Å². The van der Waals surface area contributed by atoms with Crippen LogP contribution in [0.1, 0.15) is 42.7 Å². The van der Waals surface area contributed by atoms with E-state index in [0.29, 0.717) is 0 Å². The summed E-state index contributed by atoms with van der Waals surface area (Å²) >= 11 is 0. The van der Waals surface area contributed by atoms with Gasteiger partial charge in [0.2, 0.25) is 5.82 Å². The molecular weight excluding hydrogens is 208 g/mol. The number of aliphatic hydroxyl groups excluding tert-OH is 1. The molecule has 1 fully saturated rings. The molecule has 2 rings (SSSR count). The van der Waals surface area contributed by atoms with Crippen LogP contribution in [0.5, 0.6) is 0 Å². The second-order valence-corrected chi connectivity index (χ2v) is 4.12. The number of amides is 1. The van der Waals surface area contributed by atoms with E-state index >= 15 is 0 Å². The van der Waals surface area contributed by atoms with Gasteiger partial charge in [-0.25, -0.2) is 4.98 Å². The molecule has 2 unspecified atom stereocenters. The first-order valence-electron chi connectivity index (χ1n) is 5.61. The fourth-order valence-corrected chi connectivity index (χ4v) is 2.01. The number of carbonyl (C=O) groups is 1. The van der Waals surface area contributed by atoms with Crippen molar-refractivity contribution in [1.82, 2.24) is 20.5 Å². The summed E-state index contributed by atoms with van der Waals surface area (Å²) in [6, 6.07) is -0.167. The zero-order valence-electron chi connectivity index (χ0n) is 9.02. The summed E-state index contributed by atoms with van der Waals surface area (Å²) in [5.74, 6) is -0.111. The van der Waals surface area contributed by atoms with Gasteiger partial charge in [-0.1, -0.05) is 19.3 Å². The Labute approximate surface area is 93.5 Å². The van der Waals surface area contributed by atoms with E-state index in [4.69, 9.17) is 0 Å². The fraction of sp³-hybridized carbons (Fsp3) is 0.700. The van der Waals surface area contributed by atoms with Gasteiger partial charge in [0, 0.05) is 0 Å². The van der Waals surface area contributed by atoms with Crippen LogP contribution in [-0.2, 0) is 0 Å². The molecule has 0 aromatic carbocycles. The van der Waals surface area contributed by atoms with Gasteiger partial charge < -0.3 is 10.4 Å². The molecule has 0 radical (unpaired) electrons. The Morgan fingerprint density at radius 2 is 2.25 bits per heavy atom. The number of aromatic amines is 1. The third-order valence-corrected chi connectivity index (χ3v) is 2.93. The minimum atomic E-state index is -0.450. The number of nitrogens with one attached hydrogen (secondary N) is 2. The highest BCUT2D eigenvalue weighted by molar-refractivity contribution is 5.90. The number of carbonyl (C=O) groups excluding carboxylic acids is 1. The van der Waals surface area contributed by atoms with E-state index in [1.807, 2.05) is 0 Å². The number of nitrogens with zero attached hydrogens (tertiary/aromatic N) is 2. The Morgan fingerprint density at radius 3 is 3.00 bits per heavy atom. The highest BCUT2D eigenvalue weighted by Crippen LogP contribution is 2.18. The SMILES string of the molecule is O=C(NC1CCCCCC1O)c1ncn[nH]1. The van der Waals surface area contributed by atoms with E-state index in [2.05, 4.69) is 20.5 Å². The van der Waals surface area contributed by atoms with E-state index in [-0.39, 0.29) is 17.8 Å². The van der Waals surface area contributed by atoms with Gasteiger partial charge in [-0.05, 0) is 12.8 Å². The van der Waals surface area contributed by atoms with Gasteiger partial charge in [0.15, 0.2) is 0 Å². The predicted molar refractivity (Wildman–Crippen MR) is 56.7 cm³/mol. The van der Waals surface area contributed by atoms with Crippen molar-refractivity contribution in [3.63, 3.8) is 0 Å². The molecule has 1 aromatic rings. The van der Waals surface area contributed by atoms with Crippen molar-refractivity contribution in [2.24, 2.45) is 0 Å². The van der Waals surface area contributed by atoms with Crippen LogP contribution in [0.4, 0.5) is 0 Å². The maximum Gasteiger partial charge on any atom is 0.288 e. The van der Waals surface area contributed by atoms with Crippen LogP contribution in [0.2, 0.25) is 0 Å². The zero-order chi connectivity index (χ0) is 11.4. The number of hydrogen-bond donors (Lipinski definition) is 3. The summed E-state index contributed by atoms with van der Waals surface area (Å²) < 4.78 is 0. The van der Waals surface area contributed by atoms with E-state index in [1.54, 1.807) is 0 Å². The molecule has 1 aliphatic carbocycles. The van der Waals surface area contributed by atoms with Gasteiger partial charge in [0.1, 0.15) is 6.33 Å². The van der Waals surface area contributed by atoms with Gasteiger partial charge in [0.25, 0.3) is 5.91 Å². The summed E-state index contributed by atoms with van der Waals surface area (Å²) in [6.07, 6.45) is 5.59. The van der Waals surface area contributed by atoms with E-state index in [0.717, 1.165) is 32.1 Å². The summed E-state index contributed by atoms with van der Waals surface area (Å²) in [5, 5.41) is 18.7. The van der Waals surface area contributed by atoms with E-state index in [1.165, 1.54) is 6.33 Å². The molecule has 6 nitrogen and oxygen atoms in total. The van der Waals surface area contributed by atoms with Gasteiger partial charge >= 0.3 is 0 Å². The third kappa shape index (κ3) is 2.57. The number of aliphatic hydroxyl groups is 1. The lowest BCUT2D eigenvalue weighted by atomic mass is 10.1. The first kappa shape index (κ1) is 11.1. The molecular formula is C10H16N4O2. The maximum atomic E-state index is 11.7. The van der Waals surface area contributed by atoms with E-state index in [9.17, 15) is 9.90 Å². The number of aromatic nitrogens is 3. The smallest absolute Gasteiger partial charge is 0.288 e. The third-order valence-electron chi connectivity index (χ3n) is 2.93. The summed E-state index contributed by atoms with van der Waals surface area (Å²) in [5.41, 5.74) is 0. The zero-order valence-corrected chi connectivity index (χ0v) is 9.02. The second kappa shape index (κ2) is 5.07. The summed E-state index contributed by atoms with van der Waals surface area (Å²) in [6.45, 7) is 0. The lowest BCUT2D eigenvalue weighted by Gasteiger charge is -2.20. The highest BCUT2D eigenvalue weighted by atomic mass is 16.3. The number of rotatable bonds is 2. The molecule has 1 heterocycles. The molecule has 1 saturated carbocycles. The Balaban J connectivity index is 1.95. The Morgan fingerprint density at radius 1 is 1.44 bits per heavy atom. The Bertz CT molecular complexity index is 339. The highest BCUT2D eigenvalue weighted by Gasteiger charge is 2.24. The molecule has 6 heteroatoms. The lowest BCUT2D eigenvalue weighted by molar-refractivity contribution is 0.0810. The number of H-pyrrole nitrogens is 1. The normalized spacial score (nSPS) is 26.1. The quantitative estimate of drug-likeness (QED) is 0.627. The Hall–Kier alpha value is -1.43. The molecule has 0 bridgehead atoms. The first-order valence-corrected chi connectivity index (χ1v) is 5.61.